The summed E-state index contributed by atoms with van der Waals surface area (Å²) < 4.78 is 5.56. The van der Waals surface area contributed by atoms with Crippen LogP contribution in [0.1, 0.15) is 106 Å². The van der Waals surface area contributed by atoms with E-state index in [0.717, 1.165) is 32.1 Å². The van der Waals surface area contributed by atoms with Crippen LogP contribution < -0.4 is 0 Å². The van der Waals surface area contributed by atoms with E-state index in [0.29, 0.717) is 36.2 Å². The van der Waals surface area contributed by atoms with Gasteiger partial charge in [-0.25, -0.2) is 9.59 Å². The number of ether oxygens (including phenoxy) is 1. The van der Waals surface area contributed by atoms with E-state index >= 15 is 0 Å². The summed E-state index contributed by atoms with van der Waals surface area (Å²) in [7, 11) is 0. The van der Waals surface area contributed by atoms with Crippen LogP contribution in [0.25, 0.3) is 0 Å². The zero-order valence-corrected chi connectivity index (χ0v) is 24.1. The minimum absolute atomic E-state index is 0.0756. The zero-order valence-electron chi connectivity index (χ0n) is 24.1. The molecule has 208 valence electrons. The van der Waals surface area contributed by atoms with Crippen molar-refractivity contribution in [3.8, 4) is 0 Å². The number of carbonyl (C=O) groups excluding carboxylic acids is 1. The monoisotopic (exact) mass is 514 g/mol. The van der Waals surface area contributed by atoms with Crippen LogP contribution in [0, 0.1) is 56.7 Å². The summed E-state index contributed by atoms with van der Waals surface area (Å²) in [6.45, 7) is 19.1. The molecule has 5 heteroatoms. The third-order valence-corrected chi connectivity index (χ3v) is 13.9. The van der Waals surface area contributed by atoms with Crippen molar-refractivity contribution in [1.29, 1.82) is 0 Å². The molecule has 0 bridgehead atoms. The highest BCUT2D eigenvalue weighted by Gasteiger charge is 2.71. The molecule has 5 rings (SSSR count). The first-order valence-corrected chi connectivity index (χ1v) is 14.9. The van der Waals surface area contributed by atoms with Crippen LogP contribution in [-0.2, 0) is 14.3 Å². The molecule has 10 atom stereocenters. The summed E-state index contributed by atoms with van der Waals surface area (Å²) >= 11 is 0. The van der Waals surface area contributed by atoms with Crippen LogP contribution in [0.4, 0.5) is 0 Å². The zero-order chi connectivity index (χ0) is 27.2. The highest BCUT2D eigenvalue weighted by Crippen LogP contribution is 2.77. The van der Waals surface area contributed by atoms with Crippen molar-refractivity contribution in [3.05, 3.63) is 12.2 Å². The smallest absolute Gasteiger partial charge is 0.417 e. The molecule has 0 aromatic carbocycles. The number of hydrogen-bond acceptors (Lipinski definition) is 4. The van der Waals surface area contributed by atoms with Gasteiger partial charge in [0.25, 0.3) is 0 Å². The molecule has 5 aliphatic rings. The summed E-state index contributed by atoms with van der Waals surface area (Å²) in [6.07, 6.45) is 10.7. The maximum Gasteiger partial charge on any atom is 0.417 e. The average molecular weight is 515 g/mol. The minimum Gasteiger partial charge on any atom is -0.473 e. The maximum atomic E-state index is 12.0. The molecular weight excluding hydrogens is 464 g/mol. The lowest BCUT2D eigenvalue weighted by Crippen LogP contribution is -2.67. The summed E-state index contributed by atoms with van der Waals surface area (Å²) in [5, 5.41) is 19.8. The highest BCUT2D eigenvalue weighted by atomic mass is 16.6. The number of carboxylic acid groups (broad SMARTS) is 1. The lowest BCUT2D eigenvalue weighted by molar-refractivity contribution is -0.251. The summed E-state index contributed by atoms with van der Waals surface area (Å²) in [5.74, 6) is 0.0770. The Morgan fingerprint density at radius 2 is 1.57 bits per heavy atom. The number of carboxylic acids is 1. The first kappa shape index (κ1) is 27.2. The Balaban J connectivity index is 1.48. The number of allylic oxidation sites excluding steroid dienone is 1. The number of aliphatic hydroxyl groups is 1. The molecule has 5 fully saturated rings. The Bertz CT molecular complexity index is 986. The van der Waals surface area contributed by atoms with Crippen LogP contribution in [0.15, 0.2) is 12.2 Å². The molecule has 0 radical (unpaired) electrons. The van der Waals surface area contributed by atoms with Crippen LogP contribution in [-0.4, -0.2) is 34.9 Å². The lowest BCUT2D eigenvalue weighted by Gasteiger charge is -2.73. The Labute approximate surface area is 223 Å². The van der Waals surface area contributed by atoms with Gasteiger partial charge in [0, 0.05) is 12.0 Å². The van der Waals surface area contributed by atoms with Crippen molar-refractivity contribution in [1.82, 2.24) is 0 Å². The molecule has 0 aromatic rings. The molecule has 5 saturated carbocycles. The maximum absolute atomic E-state index is 12.0. The molecular formula is C32H50O5. The second-order valence-electron chi connectivity index (χ2n) is 15.3. The predicted molar refractivity (Wildman–Crippen MR) is 144 cm³/mol. The van der Waals surface area contributed by atoms with Gasteiger partial charge in [-0.05, 0) is 122 Å². The van der Waals surface area contributed by atoms with E-state index in [9.17, 15) is 14.7 Å². The minimum atomic E-state index is -1.50. The van der Waals surface area contributed by atoms with E-state index in [4.69, 9.17) is 9.84 Å². The molecule has 0 spiro atoms. The van der Waals surface area contributed by atoms with Gasteiger partial charge < -0.3 is 14.9 Å². The molecule has 2 N–H and O–H groups in total. The van der Waals surface area contributed by atoms with Crippen molar-refractivity contribution < 1.29 is 24.5 Å². The third-order valence-electron chi connectivity index (χ3n) is 13.9. The van der Waals surface area contributed by atoms with Gasteiger partial charge in [0.1, 0.15) is 6.10 Å². The number of fused-ring (bicyclic) bond motifs is 7. The van der Waals surface area contributed by atoms with Gasteiger partial charge in [0.05, 0.1) is 0 Å². The van der Waals surface area contributed by atoms with E-state index in [1.54, 1.807) is 0 Å². The van der Waals surface area contributed by atoms with Gasteiger partial charge in [0.2, 0.25) is 0 Å². The number of hydrogen-bond donors (Lipinski definition) is 2. The first-order chi connectivity index (χ1) is 17.2. The molecule has 5 nitrogen and oxygen atoms in total. The van der Waals surface area contributed by atoms with Crippen LogP contribution >= 0.6 is 0 Å². The van der Waals surface area contributed by atoms with Crippen molar-refractivity contribution >= 4 is 11.9 Å². The number of carbonyl (C=O) groups is 2. The second-order valence-corrected chi connectivity index (χ2v) is 15.3. The van der Waals surface area contributed by atoms with Gasteiger partial charge >= 0.3 is 11.9 Å². The Morgan fingerprint density at radius 1 is 0.865 bits per heavy atom. The Kier molecular flexibility index (Phi) is 6.30. The fourth-order valence-corrected chi connectivity index (χ4v) is 11.9. The number of rotatable bonds is 3. The van der Waals surface area contributed by atoms with Gasteiger partial charge in [-0.2, -0.15) is 0 Å². The third kappa shape index (κ3) is 3.50. The largest absolute Gasteiger partial charge is 0.473 e. The molecule has 0 aromatic heterocycles. The summed E-state index contributed by atoms with van der Waals surface area (Å²) in [6, 6.07) is 0. The van der Waals surface area contributed by atoms with Gasteiger partial charge in [-0.3, -0.25) is 0 Å². The van der Waals surface area contributed by atoms with E-state index < -0.39 is 11.9 Å². The highest BCUT2D eigenvalue weighted by molar-refractivity contribution is 6.28. The fraction of sp³-hybridized carbons (Fsp3) is 0.875. The van der Waals surface area contributed by atoms with Crippen molar-refractivity contribution in [2.75, 3.05) is 6.61 Å². The SMILES string of the molecule is C=C(C)[C@@H]1CC[C@]2(CO)CC[C@]3(C)[C@H](CC[C@@H]4[C@@]5(C)CC[C@H](OC(=O)C(=O)O)C(C)(C)[C@@H]5CC[C@]43C)[C@@H]12. The van der Waals surface area contributed by atoms with E-state index in [2.05, 4.69) is 48.1 Å². The fourth-order valence-electron chi connectivity index (χ4n) is 11.9. The summed E-state index contributed by atoms with van der Waals surface area (Å²) in [4.78, 5) is 23.2. The summed E-state index contributed by atoms with van der Waals surface area (Å²) in [5.41, 5.74) is 1.74. The molecule has 0 heterocycles. The van der Waals surface area contributed by atoms with Crippen LogP contribution in [0.5, 0.6) is 0 Å². The molecule has 5 aliphatic carbocycles. The number of aliphatic hydroxyl groups excluding tert-OH is 1. The number of esters is 1. The topological polar surface area (TPSA) is 83.8 Å². The van der Waals surface area contributed by atoms with E-state index in [1.807, 2.05) is 0 Å². The van der Waals surface area contributed by atoms with Gasteiger partial charge in [-0.1, -0.05) is 46.8 Å². The second kappa shape index (κ2) is 8.57. The number of aliphatic carboxylic acids is 1. The van der Waals surface area contributed by atoms with E-state index in [-0.39, 0.29) is 33.2 Å². The standard InChI is InChI=1S/C32H50O5/c1-19(2)20-10-15-32(18-33)17-16-30(6)21(25(20)32)8-9-23-29(5)13-12-24(37-27(36)26(34)35)28(3,4)22(29)11-14-31(23,30)7/h20-25,33H,1,8-18H2,2-7H3,(H,34,35)/t20-,21+,22-,23+,24-,25+,29-,30+,31+,32+/m0/s1. The molecule has 0 aliphatic heterocycles. The molecule has 0 saturated heterocycles. The first-order valence-electron chi connectivity index (χ1n) is 14.9. The van der Waals surface area contributed by atoms with E-state index in [1.165, 1.54) is 37.7 Å². The normalized spacial score (nSPS) is 50.1. The van der Waals surface area contributed by atoms with Crippen molar-refractivity contribution in [2.24, 2.45) is 56.7 Å². The molecule has 0 unspecified atom stereocenters. The van der Waals surface area contributed by atoms with Crippen LogP contribution in [0.3, 0.4) is 0 Å². The van der Waals surface area contributed by atoms with Gasteiger partial charge in [-0.15, -0.1) is 0 Å². The Hall–Kier alpha value is -1.36. The van der Waals surface area contributed by atoms with Gasteiger partial charge in [0.15, 0.2) is 0 Å². The van der Waals surface area contributed by atoms with Crippen molar-refractivity contribution in [2.45, 2.75) is 112 Å². The average Bonchev–Trinajstić information content (AvgIpc) is 3.21. The van der Waals surface area contributed by atoms with Crippen molar-refractivity contribution in [3.63, 3.8) is 0 Å². The Morgan fingerprint density at radius 3 is 2.19 bits per heavy atom. The predicted octanol–water partition coefficient (Wildman–Crippen LogP) is 6.63. The van der Waals surface area contributed by atoms with Crippen LogP contribution in [0.2, 0.25) is 0 Å². The quantitative estimate of drug-likeness (QED) is 0.251. The molecule has 37 heavy (non-hydrogen) atoms. The lowest BCUT2D eigenvalue weighted by atomic mass is 9.32. The molecule has 0 amide bonds.